The van der Waals surface area contributed by atoms with Crippen LogP contribution in [0.15, 0.2) is 12.2 Å². The molecule has 1 aliphatic rings. The Morgan fingerprint density at radius 1 is 1.50 bits per heavy atom. The van der Waals surface area contributed by atoms with Crippen LogP contribution >= 0.6 is 12.4 Å². The maximum absolute atomic E-state index is 2.22. The fraction of sp³-hybridized carbons (Fsp3) is 0.667. The van der Waals surface area contributed by atoms with Crippen LogP contribution in [0.5, 0.6) is 0 Å². The lowest BCUT2D eigenvalue weighted by Crippen LogP contribution is -2.29. The molecule has 0 spiro atoms. The number of rotatable bonds is 1. The van der Waals surface area contributed by atoms with Crippen molar-refractivity contribution in [1.82, 2.24) is 4.90 Å². The number of likely N-dealkylation sites (N-methyl/N-ethyl adjacent to an activating group) is 1. The van der Waals surface area contributed by atoms with E-state index in [-0.39, 0.29) is 12.4 Å². The first-order valence-electron chi connectivity index (χ1n) is 2.64. The molecule has 0 N–H and O–H groups in total. The first-order chi connectivity index (χ1) is 3.30. The van der Waals surface area contributed by atoms with Crippen LogP contribution in [0, 0.1) is 0 Å². The number of nitrogens with zero attached hydrogens (tertiary/aromatic N) is 1. The van der Waals surface area contributed by atoms with Gasteiger partial charge in [0.15, 0.2) is 0 Å². The van der Waals surface area contributed by atoms with Crippen molar-refractivity contribution in [2.75, 3.05) is 14.1 Å². The Bertz CT molecular complexity index is 88.5. The van der Waals surface area contributed by atoms with Crippen LogP contribution in [0.2, 0.25) is 0 Å². The minimum atomic E-state index is 0. The van der Waals surface area contributed by atoms with Gasteiger partial charge in [-0.1, -0.05) is 12.2 Å². The summed E-state index contributed by atoms with van der Waals surface area (Å²) in [6.07, 6.45) is 5.66. The summed E-state index contributed by atoms with van der Waals surface area (Å²) in [5, 5.41) is 0. The molecular formula is C6H12ClN. The van der Waals surface area contributed by atoms with Gasteiger partial charge in [0.1, 0.15) is 0 Å². The molecule has 0 amide bonds. The van der Waals surface area contributed by atoms with Gasteiger partial charge in [-0.25, -0.2) is 0 Å². The molecule has 0 aromatic heterocycles. The van der Waals surface area contributed by atoms with E-state index < -0.39 is 0 Å². The molecule has 1 unspecified atom stereocenters. The monoisotopic (exact) mass is 133 g/mol. The second-order valence-corrected chi connectivity index (χ2v) is 2.19. The van der Waals surface area contributed by atoms with Crippen LogP contribution in [0.25, 0.3) is 0 Å². The van der Waals surface area contributed by atoms with E-state index in [1.54, 1.807) is 0 Å². The molecule has 0 saturated heterocycles. The van der Waals surface area contributed by atoms with E-state index >= 15 is 0 Å². The van der Waals surface area contributed by atoms with Crippen molar-refractivity contribution >= 4 is 12.4 Å². The summed E-state index contributed by atoms with van der Waals surface area (Å²) >= 11 is 0. The SMILES string of the molecule is CN(C)C1C=CC1.Cl. The molecule has 0 aromatic rings. The Balaban J connectivity index is 0.000000490. The van der Waals surface area contributed by atoms with Gasteiger partial charge in [0.2, 0.25) is 0 Å². The fourth-order valence-electron chi connectivity index (χ4n) is 0.641. The van der Waals surface area contributed by atoms with Crippen LogP contribution in [0.3, 0.4) is 0 Å². The average molecular weight is 134 g/mol. The van der Waals surface area contributed by atoms with E-state index in [9.17, 15) is 0 Å². The predicted octanol–water partition coefficient (Wildman–Crippen LogP) is 1.30. The molecule has 0 aromatic carbocycles. The highest BCUT2D eigenvalue weighted by atomic mass is 35.5. The summed E-state index contributed by atoms with van der Waals surface area (Å²) < 4.78 is 0. The summed E-state index contributed by atoms with van der Waals surface area (Å²) in [5.41, 5.74) is 0. The number of hydrogen-bond acceptors (Lipinski definition) is 1. The first kappa shape index (κ1) is 7.99. The zero-order valence-electron chi connectivity index (χ0n) is 5.29. The van der Waals surface area contributed by atoms with Gasteiger partial charge in [-0.3, -0.25) is 0 Å². The molecule has 0 fully saturated rings. The average Bonchev–Trinajstić information content (AvgIpc) is 1.23. The Morgan fingerprint density at radius 3 is 2.00 bits per heavy atom. The van der Waals surface area contributed by atoms with E-state index in [1.165, 1.54) is 6.42 Å². The van der Waals surface area contributed by atoms with Gasteiger partial charge in [0.05, 0.1) is 0 Å². The molecule has 2 heteroatoms. The Kier molecular flexibility index (Phi) is 3.10. The highest BCUT2D eigenvalue weighted by Crippen LogP contribution is 2.11. The number of halogens is 1. The molecule has 0 bridgehead atoms. The van der Waals surface area contributed by atoms with Crippen molar-refractivity contribution in [3.8, 4) is 0 Å². The van der Waals surface area contributed by atoms with Gasteiger partial charge in [0.25, 0.3) is 0 Å². The fourth-order valence-corrected chi connectivity index (χ4v) is 0.641. The summed E-state index contributed by atoms with van der Waals surface area (Å²) in [6, 6.07) is 0.736. The normalized spacial score (nSPS) is 24.6. The summed E-state index contributed by atoms with van der Waals surface area (Å²) in [5.74, 6) is 0. The van der Waals surface area contributed by atoms with Gasteiger partial charge in [0, 0.05) is 6.04 Å². The molecule has 1 aliphatic carbocycles. The van der Waals surface area contributed by atoms with Crippen molar-refractivity contribution in [3.63, 3.8) is 0 Å². The van der Waals surface area contributed by atoms with Crippen LogP contribution < -0.4 is 0 Å². The third-order valence-electron chi connectivity index (χ3n) is 1.40. The van der Waals surface area contributed by atoms with Crippen LogP contribution in [-0.2, 0) is 0 Å². The molecule has 1 atom stereocenters. The maximum Gasteiger partial charge on any atom is 0.0306 e. The minimum Gasteiger partial charge on any atom is -0.303 e. The largest absolute Gasteiger partial charge is 0.303 e. The standard InChI is InChI=1S/C6H11N.ClH/c1-7(2)6-4-3-5-6;/h3-4,6H,5H2,1-2H3;1H. The van der Waals surface area contributed by atoms with Crippen LogP contribution in [0.1, 0.15) is 6.42 Å². The highest BCUT2D eigenvalue weighted by Gasteiger charge is 2.10. The van der Waals surface area contributed by atoms with Gasteiger partial charge in [-0.2, -0.15) is 0 Å². The van der Waals surface area contributed by atoms with Crippen LogP contribution in [-0.4, -0.2) is 25.0 Å². The molecule has 1 nitrogen and oxygen atoms in total. The lowest BCUT2D eigenvalue weighted by Gasteiger charge is -2.24. The molecule has 0 saturated carbocycles. The topological polar surface area (TPSA) is 3.24 Å². The first-order valence-corrected chi connectivity index (χ1v) is 2.64. The van der Waals surface area contributed by atoms with Crippen molar-refractivity contribution < 1.29 is 0 Å². The Hall–Kier alpha value is -0.0100. The molecule has 1 rings (SSSR count). The lowest BCUT2D eigenvalue weighted by molar-refractivity contribution is 0.327. The summed E-state index contributed by atoms with van der Waals surface area (Å²) in [6.45, 7) is 0. The van der Waals surface area contributed by atoms with Crippen molar-refractivity contribution in [2.24, 2.45) is 0 Å². The molecule has 0 radical (unpaired) electrons. The Labute approximate surface area is 56.8 Å². The highest BCUT2D eigenvalue weighted by molar-refractivity contribution is 5.85. The predicted molar refractivity (Wildman–Crippen MR) is 38.5 cm³/mol. The second kappa shape index (κ2) is 3.10. The van der Waals surface area contributed by atoms with Gasteiger partial charge in [-0.05, 0) is 20.5 Å². The molecular weight excluding hydrogens is 122 g/mol. The quantitative estimate of drug-likeness (QED) is 0.488. The lowest BCUT2D eigenvalue weighted by atomic mass is 10.0. The molecule has 0 aliphatic heterocycles. The zero-order valence-corrected chi connectivity index (χ0v) is 6.11. The van der Waals surface area contributed by atoms with Gasteiger partial charge in [-0.15, -0.1) is 12.4 Å². The van der Waals surface area contributed by atoms with Crippen molar-refractivity contribution in [1.29, 1.82) is 0 Å². The zero-order chi connectivity index (χ0) is 5.28. The minimum absolute atomic E-state index is 0. The second-order valence-electron chi connectivity index (χ2n) is 2.19. The third-order valence-corrected chi connectivity index (χ3v) is 1.40. The smallest absolute Gasteiger partial charge is 0.0306 e. The number of hydrogen-bond donors (Lipinski definition) is 0. The molecule has 48 valence electrons. The van der Waals surface area contributed by atoms with Crippen molar-refractivity contribution in [2.45, 2.75) is 12.5 Å². The summed E-state index contributed by atoms with van der Waals surface area (Å²) in [7, 11) is 4.21. The van der Waals surface area contributed by atoms with Crippen molar-refractivity contribution in [3.05, 3.63) is 12.2 Å². The third kappa shape index (κ3) is 1.49. The van der Waals surface area contributed by atoms with E-state index in [0.29, 0.717) is 0 Å². The van der Waals surface area contributed by atoms with E-state index in [4.69, 9.17) is 0 Å². The van der Waals surface area contributed by atoms with E-state index in [1.807, 2.05) is 0 Å². The van der Waals surface area contributed by atoms with E-state index in [0.717, 1.165) is 6.04 Å². The van der Waals surface area contributed by atoms with Gasteiger partial charge < -0.3 is 4.90 Å². The molecule has 0 heterocycles. The molecule has 8 heavy (non-hydrogen) atoms. The van der Waals surface area contributed by atoms with Gasteiger partial charge >= 0.3 is 0 Å². The van der Waals surface area contributed by atoms with E-state index in [2.05, 4.69) is 31.1 Å². The maximum atomic E-state index is 2.22. The Morgan fingerprint density at radius 2 is 2.00 bits per heavy atom. The summed E-state index contributed by atoms with van der Waals surface area (Å²) in [4.78, 5) is 2.22. The van der Waals surface area contributed by atoms with Crippen LogP contribution in [0.4, 0.5) is 0 Å².